The molecule has 2 aromatic rings. The van der Waals surface area contributed by atoms with Gasteiger partial charge in [-0.2, -0.15) is 0 Å². The Hall–Kier alpha value is -1.87. The molecule has 1 aromatic carbocycles. The molecular weight excluding hydrogens is 258 g/mol. The van der Waals surface area contributed by atoms with E-state index in [9.17, 15) is 0 Å². The van der Waals surface area contributed by atoms with Gasteiger partial charge in [0.1, 0.15) is 5.82 Å². The number of benzene rings is 1. The van der Waals surface area contributed by atoms with Crippen LogP contribution in [-0.2, 0) is 6.54 Å². The number of anilines is 2. The zero-order valence-electron chi connectivity index (χ0n) is 13.2. The van der Waals surface area contributed by atoms with Crippen molar-refractivity contribution < 1.29 is 0 Å². The summed E-state index contributed by atoms with van der Waals surface area (Å²) in [7, 11) is 0. The summed E-state index contributed by atoms with van der Waals surface area (Å²) in [4.78, 5) is 7.01. The molecule has 1 aromatic heterocycles. The summed E-state index contributed by atoms with van der Waals surface area (Å²) in [5.74, 6) is 1.66. The van der Waals surface area contributed by atoms with Gasteiger partial charge >= 0.3 is 0 Å². The normalized spacial score (nSPS) is 10.9. The summed E-state index contributed by atoms with van der Waals surface area (Å²) >= 11 is 0. The molecule has 1 heterocycles. The van der Waals surface area contributed by atoms with Crippen molar-refractivity contribution in [1.29, 1.82) is 0 Å². The fourth-order valence-corrected chi connectivity index (χ4v) is 2.29. The Balaban J connectivity index is 2.11. The monoisotopic (exact) mass is 283 g/mol. The number of hydrogen-bond donors (Lipinski definition) is 1. The Morgan fingerprint density at radius 2 is 1.81 bits per heavy atom. The van der Waals surface area contributed by atoms with Crippen molar-refractivity contribution in [3.05, 3.63) is 54.2 Å². The second kappa shape index (κ2) is 7.79. The minimum absolute atomic E-state index is 0.657. The highest BCUT2D eigenvalue weighted by Gasteiger charge is 2.08. The molecule has 0 atom stereocenters. The maximum absolute atomic E-state index is 4.78. The van der Waals surface area contributed by atoms with Crippen molar-refractivity contribution in [2.24, 2.45) is 5.92 Å². The Bertz CT molecular complexity index is 537. The third kappa shape index (κ3) is 4.57. The molecule has 3 heteroatoms. The lowest BCUT2D eigenvalue weighted by Gasteiger charge is -2.22. The van der Waals surface area contributed by atoms with Gasteiger partial charge in [0.15, 0.2) is 0 Å². The highest BCUT2D eigenvalue weighted by Crippen LogP contribution is 2.22. The number of rotatable bonds is 7. The molecule has 0 bridgehead atoms. The van der Waals surface area contributed by atoms with Gasteiger partial charge in [-0.3, -0.25) is 0 Å². The van der Waals surface area contributed by atoms with Crippen molar-refractivity contribution in [2.75, 3.05) is 18.0 Å². The molecule has 0 radical (unpaired) electrons. The number of nitrogens with zero attached hydrogens (tertiary/aromatic N) is 2. The van der Waals surface area contributed by atoms with E-state index < -0.39 is 0 Å². The third-order valence-electron chi connectivity index (χ3n) is 3.31. The fraction of sp³-hybridized carbons (Fsp3) is 0.389. The lowest BCUT2D eigenvalue weighted by Crippen LogP contribution is -2.21. The van der Waals surface area contributed by atoms with Crippen molar-refractivity contribution in [3.8, 4) is 0 Å². The summed E-state index contributed by atoms with van der Waals surface area (Å²) < 4.78 is 0. The number of aromatic nitrogens is 1. The zero-order chi connectivity index (χ0) is 15.1. The number of nitrogens with one attached hydrogen (secondary N) is 1. The molecule has 0 aliphatic carbocycles. The van der Waals surface area contributed by atoms with E-state index in [1.54, 1.807) is 0 Å². The second-order valence-corrected chi connectivity index (χ2v) is 5.59. The van der Waals surface area contributed by atoms with Crippen LogP contribution in [0.5, 0.6) is 0 Å². The number of pyridine rings is 1. The van der Waals surface area contributed by atoms with Crippen molar-refractivity contribution in [3.63, 3.8) is 0 Å². The Labute approximate surface area is 128 Å². The summed E-state index contributed by atoms with van der Waals surface area (Å²) in [5.41, 5.74) is 2.27. The van der Waals surface area contributed by atoms with E-state index in [4.69, 9.17) is 4.98 Å². The van der Waals surface area contributed by atoms with Gasteiger partial charge in [-0.15, -0.1) is 0 Å². The average Bonchev–Trinajstić information content (AvgIpc) is 2.49. The first kappa shape index (κ1) is 15.5. The standard InChI is InChI=1S/C18H25N3/c1-4-21(17-10-6-5-7-11-17)18-12-8-9-16(20-18)14-19-13-15(2)3/h5-12,15,19H,4,13-14H2,1-3H3. The Morgan fingerprint density at radius 3 is 2.48 bits per heavy atom. The molecule has 0 amide bonds. The first-order chi connectivity index (χ1) is 10.2. The quantitative estimate of drug-likeness (QED) is 0.833. The SMILES string of the molecule is CCN(c1ccccc1)c1cccc(CNCC(C)C)n1. The van der Waals surface area contributed by atoms with Crippen molar-refractivity contribution in [1.82, 2.24) is 10.3 Å². The van der Waals surface area contributed by atoms with Crippen LogP contribution in [0.2, 0.25) is 0 Å². The predicted octanol–water partition coefficient (Wildman–Crippen LogP) is 3.99. The number of hydrogen-bond acceptors (Lipinski definition) is 3. The van der Waals surface area contributed by atoms with Gasteiger partial charge in [0.05, 0.1) is 5.69 Å². The molecule has 0 unspecified atom stereocenters. The first-order valence-corrected chi connectivity index (χ1v) is 7.70. The second-order valence-electron chi connectivity index (χ2n) is 5.59. The van der Waals surface area contributed by atoms with Gasteiger partial charge in [0.2, 0.25) is 0 Å². The fourth-order valence-electron chi connectivity index (χ4n) is 2.29. The van der Waals surface area contributed by atoms with Gasteiger partial charge in [0, 0.05) is 18.8 Å². The minimum Gasteiger partial charge on any atom is -0.327 e. The molecule has 21 heavy (non-hydrogen) atoms. The van der Waals surface area contributed by atoms with E-state index >= 15 is 0 Å². The van der Waals surface area contributed by atoms with Gasteiger partial charge < -0.3 is 10.2 Å². The highest BCUT2D eigenvalue weighted by molar-refractivity contribution is 5.59. The molecule has 0 aliphatic heterocycles. The van der Waals surface area contributed by atoms with Crippen LogP contribution in [0.4, 0.5) is 11.5 Å². The molecule has 0 saturated heterocycles. The molecule has 0 saturated carbocycles. The van der Waals surface area contributed by atoms with Crippen LogP contribution in [-0.4, -0.2) is 18.1 Å². The maximum Gasteiger partial charge on any atom is 0.133 e. The van der Waals surface area contributed by atoms with E-state index in [0.29, 0.717) is 5.92 Å². The molecule has 0 spiro atoms. The molecule has 0 aliphatic rings. The maximum atomic E-state index is 4.78. The van der Waals surface area contributed by atoms with Crippen LogP contribution in [0.3, 0.4) is 0 Å². The first-order valence-electron chi connectivity index (χ1n) is 7.70. The Kier molecular flexibility index (Phi) is 5.76. The van der Waals surface area contributed by atoms with Crippen LogP contribution < -0.4 is 10.2 Å². The smallest absolute Gasteiger partial charge is 0.133 e. The van der Waals surface area contributed by atoms with E-state index in [1.807, 2.05) is 6.07 Å². The lowest BCUT2D eigenvalue weighted by atomic mass is 10.2. The van der Waals surface area contributed by atoms with Crippen LogP contribution in [0.25, 0.3) is 0 Å². The van der Waals surface area contributed by atoms with Gasteiger partial charge in [-0.25, -0.2) is 4.98 Å². The summed E-state index contributed by atoms with van der Waals surface area (Å²) in [5, 5.41) is 3.44. The summed E-state index contributed by atoms with van der Waals surface area (Å²) in [6.07, 6.45) is 0. The third-order valence-corrected chi connectivity index (χ3v) is 3.31. The zero-order valence-corrected chi connectivity index (χ0v) is 13.2. The van der Waals surface area contributed by atoms with Gasteiger partial charge in [-0.1, -0.05) is 38.1 Å². The van der Waals surface area contributed by atoms with Crippen molar-refractivity contribution in [2.45, 2.75) is 27.3 Å². The van der Waals surface area contributed by atoms with Crippen LogP contribution >= 0.6 is 0 Å². The molecule has 2 rings (SSSR count). The molecule has 112 valence electrons. The minimum atomic E-state index is 0.657. The topological polar surface area (TPSA) is 28.2 Å². The molecule has 0 fully saturated rings. The van der Waals surface area contributed by atoms with Gasteiger partial charge in [0.25, 0.3) is 0 Å². The number of para-hydroxylation sites is 1. The highest BCUT2D eigenvalue weighted by atomic mass is 15.2. The molecule has 1 N–H and O–H groups in total. The van der Waals surface area contributed by atoms with Crippen LogP contribution in [0.15, 0.2) is 48.5 Å². The predicted molar refractivity (Wildman–Crippen MR) is 89.9 cm³/mol. The van der Waals surface area contributed by atoms with E-state index in [1.165, 1.54) is 5.69 Å². The summed E-state index contributed by atoms with van der Waals surface area (Å²) in [6, 6.07) is 16.6. The van der Waals surface area contributed by atoms with Crippen molar-refractivity contribution >= 4 is 11.5 Å². The van der Waals surface area contributed by atoms with Crippen LogP contribution in [0, 0.1) is 5.92 Å². The van der Waals surface area contributed by atoms with Crippen LogP contribution in [0.1, 0.15) is 26.5 Å². The molecular formula is C18H25N3. The molecule has 3 nitrogen and oxygen atoms in total. The average molecular weight is 283 g/mol. The Morgan fingerprint density at radius 1 is 1.05 bits per heavy atom. The van der Waals surface area contributed by atoms with E-state index in [2.05, 4.69) is 73.5 Å². The lowest BCUT2D eigenvalue weighted by molar-refractivity contribution is 0.548. The van der Waals surface area contributed by atoms with E-state index in [0.717, 1.165) is 31.1 Å². The van der Waals surface area contributed by atoms with E-state index in [-0.39, 0.29) is 0 Å². The van der Waals surface area contributed by atoms with Gasteiger partial charge in [-0.05, 0) is 43.7 Å². The largest absolute Gasteiger partial charge is 0.327 e. The summed E-state index contributed by atoms with van der Waals surface area (Å²) in [6.45, 7) is 9.31.